The molecule has 0 aliphatic heterocycles. The zero-order valence-corrected chi connectivity index (χ0v) is 7.63. The van der Waals surface area contributed by atoms with Gasteiger partial charge >= 0.3 is 0 Å². The van der Waals surface area contributed by atoms with Crippen molar-refractivity contribution in [3.05, 3.63) is 17.5 Å². The van der Waals surface area contributed by atoms with Gasteiger partial charge in [-0.05, 0) is 26.8 Å². The van der Waals surface area contributed by atoms with Gasteiger partial charge < -0.3 is 11.5 Å². The summed E-state index contributed by atoms with van der Waals surface area (Å²) < 4.78 is 0. The minimum atomic E-state index is -0.457. The molecule has 0 spiro atoms. The molecule has 0 amide bonds. The van der Waals surface area contributed by atoms with Crippen LogP contribution in [0.1, 0.15) is 25.2 Å². The van der Waals surface area contributed by atoms with E-state index in [1.807, 2.05) is 26.8 Å². The molecule has 1 heterocycles. The van der Waals surface area contributed by atoms with E-state index in [2.05, 4.69) is 9.97 Å². The molecule has 0 bridgehead atoms. The third kappa shape index (κ3) is 1.92. The summed E-state index contributed by atoms with van der Waals surface area (Å²) in [6.07, 6.45) is 0. The molecule has 1 rings (SSSR count). The van der Waals surface area contributed by atoms with Crippen LogP contribution in [0.3, 0.4) is 0 Å². The van der Waals surface area contributed by atoms with Gasteiger partial charge in [0, 0.05) is 5.69 Å². The zero-order chi connectivity index (χ0) is 9.35. The largest absolute Gasteiger partial charge is 0.368 e. The van der Waals surface area contributed by atoms with Crippen LogP contribution < -0.4 is 11.5 Å². The summed E-state index contributed by atoms with van der Waals surface area (Å²) in [6, 6.07) is 1.84. The van der Waals surface area contributed by atoms with E-state index in [9.17, 15) is 0 Å². The number of nitrogens with two attached hydrogens (primary N) is 2. The van der Waals surface area contributed by atoms with Gasteiger partial charge in [0.25, 0.3) is 0 Å². The number of aromatic nitrogens is 2. The van der Waals surface area contributed by atoms with Crippen LogP contribution in [0.2, 0.25) is 0 Å². The summed E-state index contributed by atoms with van der Waals surface area (Å²) >= 11 is 0. The lowest BCUT2D eigenvalue weighted by atomic mass is 10.0. The first-order valence-corrected chi connectivity index (χ1v) is 3.80. The third-order valence-electron chi connectivity index (χ3n) is 1.53. The molecule has 4 N–H and O–H groups in total. The van der Waals surface area contributed by atoms with E-state index in [0.29, 0.717) is 0 Å². The number of hydrogen-bond acceptors (Lipinski definition) is 4. The Kier molecular flexibility index (Phi) is 2.02. The van der Waals surface area contributed by atoms with Crippen LogP contribution in [0.15, 0.2) is 6.07 Å². The smallest absolute Gasteiger partial charge is 0.220 e. The lowest BCUT2D eigenvalue weighted by Gasteiger charge is -2.17. The minimum Gasteiger partial charge on any atom is -0.368 e. The van der Waals surface area contributed by atoms with Crippen molar-refractivity contribution in [1.29, 1.82) is 0 Å². The van der Waals surface area contributed by atoms with Crippen LogP contribution >= 0.6 is 0 Å². The predicted octanol–water partition coefficient (Wildman–Crippen LogP) is 0.561. The van der Waals surface area contributed by atoms with E-state index in [0.717, 1.165) is 11.4 Å². The molecule has 0 saturated heterocycles. The van der Waals surface area contributed by atoms with Crippen LogP contribution in [-0.4, -0.2) is 9.97 Å². The average molecular weight is 166 g/mol. The number of nitrogen functional groups attached to an aromatic ring is 1. The Morgan fingerprint density at radius 1 is 1.33 bits per heavy atom. The molecule has 66 valence electrons. The van der Waals surface area contributed by atoms with Gasteiger partial charge in [-0.25, -0.2) is 9.97 Å². The fourth-order valence-electron chi connectivity index (χ4n) is 0.922. The van der Waals surface area contributed by atoms with E-state index >= 15 is 0 Å². The van der Waals surface area contributed by atoms with Crippen LogP contribution in [0.25, 0.3) is 0 Å². The monoisotopic (exact) mass is 166 g/mol. The van der Waals surface area contributed by atoms with Gasteiger partial charge in [0.2, 0.25) is 5.95 Å². The molecule has 0 radical (unpaired) electrons. The molecule has 1 aromatic heterocycles. The van der Waals surface area contributed by atoms with E-state index < -0.39 is 5.54 Å². The molecule has 12 heavy (non-hydrogen) atoms. The average Bonchev–Trinajstić information content (AvgIpc) is 1.82. The Morgan fingerprint density at radius 3 is 2.33 bits per heavy atom. The summed E-state index contributed by atoms with van der Waals surface area (Å²) in [5, 5.41) is 0. The summed E-state index contributed by atoms with van der Waals surface area (Å²) in [5.41, 5.74) is 12.5. The molecule has 0 atom stereocenters. The Balaban J connectivity index is 3.18. The molecule has 1 aromatic rings. The first kappa shape index (κ1) is 8.93. The number of anilines is 1. The van der Waals surface area contributed by atoms with E-state index in [1.54, 1.807) is 0 Å². The lowest BCUT2D eigenvalue weighted by molar-refractivity contribution is 0.534. The first-order valence-electron chi connectivity index (χ1n) is 3.80. The topological polar surface area (TPSA) is 77.8 Å². The number of hydrogen-bond donors (Lipinski definition) is 2. The third-order valence-corrected chi connectivity index (χ3v) is 1.53. The van der Waals surface area contributed by atoms with Crippen molar-refractivity contribution in [2.24, 2.45) is 5.73 Å². The van der Waals surface area contributed by atoms with Crippen LogP contribution in [-0.2, 0) is 5.54 Å². The van der Waals surface area contributed by atoms with Gasteiger partial charge in [0.15, 0.2) is 0 Å². The van der Waals surface area contributed by atoms with Gasteiger partial charge in [-0.1, -0.05) is 0 Å². The van der Waals surface area contributed by atoms with Gasteiger partial charge in [-0.2, -0.15) is 0 Å². The SMILES string of the molecule is Cc1cc(C(C)(C)N)nc(N)n1. The summed E-state index contributed by atoms with van der Waals surface area (Å²) in [6.45, 7) is 5.63. The Labute approximate surface area is 72.0 Å². The maximum atomic E-state index is 5.85. The highest BCUT2D eigenvalue weighted by Crippen LogP contribution is 2.15. The van der Waals surface area contributed by atoms with Crippen molar-refractivity contribution in [1.82, 2.24) is 9.97 Å². The van der Waals surface area contributed by atoms with Gasteiger partial charge in [-0.3, -0.25) is 0 Å². The molecular formula is C8H14N4. The fraction of sp³-hybridized carbons (Fsp3) is 0.500. The number of aryl methyl sites for hydroxylation is 1. The van der Waals surface area contributed by atoms with Crippen LogP contribution in [0.5, 0.6) is 0 Å². The molecular weight excluding hydrogens is 152 g/mol. The Morgan fingerprint density at radius 2 is 1.92 bits per heavy atom. The van der Waals surface area contributed by atoms with Crippen molar-refractivity contribution in [2.75, 3.05) is 5.73 Å². The molecule has 0 aliphatic rings. The fourth-order valence-corrected chi connectivity index (χ4v) is 0.922. The minimum absolute atomic E-state index is 0.281. The quantitative estimate of drug-likeness (QED) is 0.639. The van der Waals surface area contributed by atoms with Gasteiger partial charge in [0.1, 0.15) is 0 Å². The molecule has 0 fully saturated rings. The summed E-state index contributed by atoms with van der Waals surface area (Å²) in [5.74, 6) is 0.281. The highest BCUT2D eigenvalue weighted by atomic mass is 15.0. The molecule has 4 nitrogen and oxygen atoms in total. The molecule has 0 aliphatic carbocycles. The maximum absolute atomic E-state index is 5.85. The van der Waals surface area contributed by atoms with Crippen molar-refractivity contribution in [3.63, 3.8) is 0 Å². The lowest BCUT2D eigenvalue weighted by Crippen LogP contribution is -2.30. The van der Waals surface area contributed by atoms with E-state index in [1.165, 1.54) is 0 Å². The van der Waals surface area contributed by atoms with Gasteiger partial charge in [-0.15, -0.1) is 0 Å². The van der Waals surface area contributed by atoms with Crippen molar-refractivity contribution in [3.8, 4) is 0 Å². The number of rotatable bonds is 1. The van der Waals surface area contributed by atoms with E-state index in [-0.39, 0.29) is 5.95 Å². The second kappa shape index (κ2) is 2.71. The standard InChI is InChI=1S/C8H14N4/c1-5-4-6(8(2,3)10)12-7(9)11-5/h4H,10H2,1-3H3,(H2,9,11,12). The Hall–Kier alpha value is -1.16. The van der Waals surface area contributed by atoms with Crippen molar-refractivity contribution in [2.45, 2.75) is 26.3 Å². The Bertz CT molecular complexity index is 267. The molecule has 0 saturated carbocycles. The van der Waals surface area contributed by atoms with E-state index in [4.69, 9.17) is 11.5 Å². The number of nitrogens with zero attached hydrogens (tertiary/aromatic N) is 2. The molecule has 0 aromatic carbocycles. The van der Waals surface area contributed by atoms with Gasteiger partial charge in [0.05, 0.1) is 11.2 Å². The summed E-state index contributed by atoms with van der Waals surface area (Å²) in [4.78, 5) is 8.01. The second-order valence-electron chi connectivity index (χ2n) is 3.47. The van der Waals surface area contributed by atoms with Crippen LogP contribution in [0.4, 0.5) is 5.95 Å². The predicted molar refractivity (Wildman–Crippen MR) is 48.4 cm³/mol. The first-order chi connectivity index (χ1) is 5.39. The molecule has 0 unspecified atom stereocenters. The van der Waals surface area contributed by atoms with Crippen molar-refractivity contribution < 1.29 is 0 Å². The maximum Gasteiger partial charge on any atom is 0.220 e. The molecule has 4 heteroatoms. The zero-order valence-electron chi connectivity index (χ0n) is 7.63. The second-order valence-corrected chi connectivity index (χ2v) is 3.47. The normalized spacial score (nSPS) is 11.7. The highest BCUT2D eigenvalue weighted by molar-refractivity contribution is 5.25. The summed E-state index contributed by atoms with van der Waals surface area (Å²) in [7, 11) is 0. The van der Waals surface area contributed by atoms with Crippen molar-refractivity contribution >= 4 is 5.95 Å². The highest BCUT2D eigenvalue weighted by Gasteiger charge is 2.16. The van der Waals surface area contributed by atoms with Crippen LogP contribution in [0, 0.1) is 6.92 Å².